The highest BCUT2D eigenvalue weighted by Gasteiger charge is 2.27. The van der Waals surface area contributed by atoms with E-state index in [-0.39, 0.29) is 10.9 Å². The summed E-state index contributed by atoms with van der Waals surface area (Å²) in [6.07, 6.45) is 2.24. The molecular weight excluding hydrogens is 490 g/mol. The van der Waals surface area contributed by atoms with E-state index in [9.17, 15) is 13.2 Å². The van der Waals surface area contributed by atoms with Gasteiger partial charge in [0.15, 0.2) is 0 Å². The number of rotatable bonds is 6. The Morgan fingerprint density at radius 3 is 2.26 bits per heavy atom. The fraction of sp³-hybridized carbons (Fsp3) is 0.250. The zero-order valence-electron chi connectivity index (χ0n) is 19.1. The molecule has 9 nitrogen and oxygen atoms in total. The molecule has 1 aliphatic rings. The molecule has 0 unspecified atom stereocenters. The topological polar surface area (TPSA) is 104 Å². The summed E-state index contributed by atoms with van der Waals surface area (Å²) in [7, 11) is -2.01. The Balaban J connectivity index is 1.34. The number of ether oxygens (including phenoxy) is 1. The van der Waals surface area contributed by atoms with Gasteiger partial charge < -0.3 is 20.3 Å². The van der Waals surface area contributed by atoms with Crippen molar-refractivity contribution in [3.05, 3.63) is 71.9 Å². The van der Waals surface area contributed by atoms with Crippen LogP contribution in [0.25, 0.3) is 0 Å². The Morgan fingerprint density at radius 1 is 0.914 bits per heavy atom. The van der Waals surface area contributed by atoms with E-state index in [1.165, 1.54) is 16.4 Å². The van der Waals surface area contributed by atoms with Crippen molar-refractivity contribution >= 4 is 44.8 Å². The number of anilines is 3. The third kappa shape index (κ3) is 6.21. The minimum atomic E-state index is -3.59. The number of sulfonamides is 1. The van der Waals surface area contributed by atoms with Crippen molar-refractivity contribution < 1.29 is 17.9 Å². The molecule has 35 heavy (non-hydrogen) atoms. The molecule has 1 fully saturated rings. The van der Waals surface area contributed by atoms with Gasteiger partial charge in [0.2, 0.25) is 10.0 Å². The fourth-order valence-electron chi connectivity index (χ4n) is 3.73. The number of methoxy groups -OCH3 is 1. The molecule has 3 aromatic rings. The molecule has 2 amide bonds. The molecule has 0 atom stereocenters. The lowest BCUT2D eigenvalue weighted by atomic mass is 10.3. The van der Waals surface area contributed by atoms with E-state index in [1.807, 2.05) is 11.0 Å². The van der Waals surface area contributed by atoms with Crippen LogP contribution in [-0.4, -0.2) is 57.0 Å². The summed E-state index contributed by atoms with van der Waals surface area (Å²) >= 11 is 5.89. The van der Waals surface area contributed by atoms with E-state index < -0.39 is 10.0 Å². The van der Waals surface area contributed by atoms with Crippen LogP contribution in [0.1, 0.15) is 6.42 Å². The molecule has 2 N–H and O–H groups in total. The first-order valence-electron chi connectivity index (χ1n) is 11.0. The maximum atomic E-state index is 13.0. The van der Waals surface area contributed by atoms with Gasteiger partial charge in [0.25, 0.3) is 0 Å². The van der Waals surface area contributed by atoms with Crippen molar-refractivity contribution in [2.45, 2.75) is 11.3 Å². The van der Waals surface area contributed by atoms with Gasteiger partial charge in [-0.25, -0.2) is 18.2 Å². The van der Waals surface area contributed by atoms with E-state index in [0.29, 0.717) is 54.7 Å². The van der Waals surface area contributed by atoms with Crippen LogP contribution in [0.3, 0.4) is 0 Å². The predicted molar refractivity (Wildman–Crippen MR) is 137 cm³/mol. The van der Waals surface area contributed by atoms with Crippen LogP contribution >= 0.6 is 11.6 Å². The Hall–Kier alpha value is -3.34. The summed E-state index contributed by atoms with van der Waals surface area (Å²) in [4.78, 5) is 19.0. The second kappa shape index (κ2) is 10.9. The van der Waals surface area contributed by atoms with Gasteiger partial charge in [-0.15, -0.1) is 0 Å². The number of nitrogens with zero attached hydrogens (tertiary/aromatic N) is 3. The van der Waals surface area contributed by atoms with Gasteiger partial charge in [-0.1, -0.05) is 11.6 Å². The van der Waals surface area contributed by atoms with Gasteiger partial charge >= 0.3 is 6.03 Å². The van der Waals surface area contributed by atoms with Gasteiger partial charge in [-0.05, 0) is 67.1 Å². The molecule has 4 rings (SSSR count). The standard InChI is InChI=1S/C24H26ClN5O4S/c1-34-21-8-5-19(6-9-21)27-24(31)28-20-7-12-23(26-17-20)29-13-2-14-30(16-15-29)35(32,33)22-10-3-18(25)4-11-22/h3-12,17H,2,13-16H2,1H3,(H2,27,28,31). The number of hydrogen-bond donors (Lipinski definition) is 2. The van der Waals surface area contributed by atoms with Gasteiger partial charge in [-0.2, -0.15) is 4.31 Å². The van der Waals surface area contributed by atoms with Crippen LogP contribution in [0.15, 0.2) is 71.8 Å². The molecule has 1 saturated heterocycles. The quantitative estimate of drug-likeness (QED) is 0.507. The highest BCUT2D eigenvalue weighted by Crippen LogP contribution is 2.22. The first-order valence-corrected chi connectivity index (χ1v) is 12.9. The fourth-order valence-corrected chi connectivity index (χ4v) is 5.33. The molecule has 2 aromatic carbocycles. The van der Waals surface area contributed by atoms with E-state index >= 15 is 0 Å². The van der Waals surface area contributed by atoms with E-state index in [2.05, 4.69) is 15.6 Å². The van der Waals surface area contributed by atoms with Gasteiger partial charge in [0.05, 0.1) is 23.9 Å². The summed E-state index contributed by atoms with van der Waals surface area (Å²) in [5.74, 6) is 1.42. The van der Waals surface area contributed by atoms with Gasteiger partial charge in [0.1, 0.15) is 11.6 Å². The molecular formula is C24H26ClN5O4S. The zero-order valence-corrected chi connectivity index (χ0v) is 20.7. The van der Waals surface area contributed by atoms with E-state index in [0.717, 1.165) is 5.82 Å². The Labute approximate surface area is 209 Å². The Morgan fingerprint density at radius 2 is 1.60 bits per heavy atom. The molecule has 11 heteroatoms. The molecule has 0 radical (unpaired) electrons. The average molecular weight is 516 g/mol. The molecule has 0 spiro atoms. The molecule has 184 valence electrons. The number of carbonyl (C=O) groups is 1. The van der Waals surface area contributed by atoms with Crippen LogP contribution in [0.2, 0.25) is 5.02 Å². The summed E-state index contributed by atoms with van der Waals surface area (Å²) < 4.78 is 32.6. The highest BCUT2D eigenvalue weighted by atomic mass is 35.5. The van der Waals surface area contributed by atoms with Crippen molar-refractivity contribution in [1.82, 2.24) is 9.29 Å². The number of urea groups is 1. The second-order valence-electron chi connectivity index (χ2n) is 7.91. The largest absolute Gasteiger partial charge is 0.497 e. The lowest BCUT2D eigenvalue weighted by Crippen LogP contribution is -2.35. The summed E-state index contributed by atoms with van der Waals surface area (Å²) in [6.45, 7) is 1.94. The molecule has 1 aromatic heterocycles. The number of carbonyl (C=O) groups excluding carboxylic acids is 1. The Kier molecular flexibility index (Phi) is 7.74. The van der Waals surface area contributed by atoms with E-state index in [1.54, 1.807) is 55.8 Å². The van der Waals surface area contributed by atoms with Crippen molar-refractivity contribution in [1.29, 1.82) is 0 Å². The molecule has 0 bridgehead atoms. The number of pyridine rings is 1. The highest BCUT2D eigenvalue weighted by molar-refractivity contribution is 7.89. The predicted octanol–water partition coefficient (Wildman–Crippen LogP) is 4.29. The van der Waals surface area contributed by atoms with Crippen LogP contribution in [0.4, 0.5) is 22.0 Å². The number of benzene rings is 2. The summed E-state index contributed by atoms with van der Waals surface area (Å²) in [5.41, 5.74) is 1.18. The number of nitrogens with one attached hydrogen (secondary N) is 2. The molecule has 1 aliphatic heterocycles. The number of halogens is 1. The normalized spacial score (nSPS) is 14.7. The van der Waals surface area contributed by atoms with Crippen LogP contribution < -0.4 is 20.3 Å². The van der Waals surface area contributed by atoms with Crippen LogP contribution in [0, 0.1) is 0 Å². The van der Waals surface area contributed by atoms with Crippen LogP contribution in [0.5, 0.6) is 5.75 Å². The minimum absolute atomic E-state index is 0.233. The smallest absolute Gasteiger partial charge is 0.323 e. The van der Waals surface area contributed by atoms with Crippen LogP contribution in [-0.2, 0) is 10.0 Å². The number of amides is 2. The SMILES string of the molecule is COc1ccc(NC(=O)Nc2ccc(N3CCCN(S(=O)(=O)c4ccc(Cl)cc4)CC3)nc2)cc1. The molecule has 2 heterocycles. The minimum Gasteiger partial charge on any atom is -0.497 e. The Bertz CT molecular complexity index is 1250. The third-order valence-electron chi connectivity index (χ3n) is 5.58. The summed E-state index contributed by atoms with van der Waals surface area (Å²) in [6, 6.07) is 16.4. The summed E-state index contributed by atoms with van der Waals surface area (Å²) in [5, 5.41) is 5.99. The third-order valence-corrected chi connectivity index (χ3v) is 7.75. The van der Waals surface area contributed by atoms with Gasteiger partial charge in [-0.3, -0.25) is 0 Å². The van der Waals surface area contributed by atoms with Gasteiger partial charge in [0, 0.05) is 36.9 Å². The van der Waals surface area contributed by atoms with Crippen molar-refractivity contribution in [3.63, 3.8) is 0 Å². The number of hydrogen-bond acceptors (Lipinski definition) is 6. The lowest BCUT2D eigenvalue weighted by molar-refractivity contribution is 0.262. The maximum Gasteiger partial charge on any atom is 0.323 e. The first kappa shape index (κ1) is 24.8. The maximum absolute atomic E-state index is 13.0. The second-order valence-corrected chi connectivity index (χ2v) is 10.3. The van der Waals surface area contributed by atoms with Crippen molar-refractivity contribution in [2.24, 2.45) is 0 Å². The van der Waals surface area contributed by atoms with Crippen molar-refractivity contribution in [3.8, 4) is 5.75 Å². The molecule has 0 saturated carbocycles. The first-order chi connectivity index (χ1) is 16.8. The van der Waals surface area contributed by atoms with E-state index in [4.69, 9.17) is 16.3 Å². The average Bonchev–Trinajstić information content (AvgIpc) is 3.12. The lowest BCUT2D eigenvalue weighted by Gasteiger charge is -2.23. The monoisotopic (exact) mass is 515 g/mol. The number of aromatic nitrogens is 1. The molecule has 0 aliphatic carbocycles. The zero-order chi connectivity index (χ0) is 24.8. The van der Waals surface area contributed by atoms with Crippen molar-refractivity contribution in [2.75, 3.05) is 48.8 Å².